The Kier molecular flexibility index (Phi) is 6.56. The van der Waals surface area contributed by atoms with Gasteiger partial charge in [-0.1, -0.05) is 13.8 Å². The van der Waals surface area contributed by atoms with E-state index in [4.69, 9.17) is 0 Å². The topological polar surface area (TPSA) is 85.2 Å². The van der Waals surface area contributed by atoms with Crippen LogP contribution in [0.4, 0.5) is 0 Å². The number of rotatable bonds is 7. The van der Waals surface area contributed by atoms with Crippen LogP contribution < -0.4 is 10.9 Å². The van der Waals surface area contributed by atoms with E-state index in [1.165, 1.54) is 4.57 Å². The summed E-state index contributed by atoms with van der Waals surface area (Å²) in [6.45, 7) is 9.51. The average molecular weight is 342 g/mol. The van der Waals surface area contributed by atoms with E-state index in [1.807, 2.05) is 27.7 Å². The molecule has 1 amide bonds. The number of carbonyl (C=O) groups excluding carboxylic acids is 1. The minimum Gasteiger partial charge on any atom is -0.351 e. The van der Waals surface area contributed by atoms with E-state index < -0.39 is 15.7 Å². The largest absolute Gasteiger partial charge is 0.351 e. The zero-order chi connectivity index (χ0) is 17.8. The van der Waals surface area contributed by atoms with E-state index in [-0.39, 0.29) is 35.1 Å². The number of hydrogen-bond donors (Lipinski definition) is 1. The molecule has 6 nitrogen and oxygen atoms in total. The third-order valence-corrected chi connectivity index (χ3v) is 5.53. The molecule has 1 heterocycles. The Balaban J connectivity index is 2.86. The van der Waals surface area contributed by atoms with Gasteiger partial charge in [-0.2, -0.15) is 0 Å². The number of pyridine rings is 1. The van der Waals surface area contributed by atoms with Crippen molar-refractivity contribution in [1.82, 2.24) is 9.88 Å². The summed E-state index contributed by atoms with van der Waals surface area (Å²) < 4.78 is 25.2. The molecule has 0 aromatic carbocycles. The van der Waals surface area contributed by atoms with E-state index in [1.54, 1.807) is 13.0 Å². The van der Waals surface area contributed by atoms with Crippen molar-refractivity contribution >= 4 is 15.7 Å². The van der Waals surface area contributed by atoms with Crippen molar-refractivity contribution in [3.63, 3.8) is 0 Å². The predicted octanol–water partition coefficient (Wildman–Crippen LogP) is 1.29. The third kappa shape index (κ3) is 5.20. The minimum absolute atomic E-state index is 0.00671. The summed E-state index contributed by atoms with van der Waals surface area (Å²) in [4.78, 5) is 24.6. The van der Waals surface area contributed by atoms with Gasteiger partial charge in [-0.15, -0.1) is 0 Å². The summed E-state index contributed by atoms with van der Waals surface area (Å²) in [6, 6.07) is 1.79. The first kappa shape index (κ1) is 19.4. The SMILES string of the molecule is CCn1c(C)cc(C)c(C(=O)NCCS(=O)(=O)CC(C)C)c1=O. The maximum absolute atomic E-state index is 12.4. The summed E-state index contributed by atoms with van der Waals surface area (Å²) >= 11 is 0. The smallest absolute Gasteiger partial charge is 0.263 e. The van der Waals surface area contributed by atoms with Crippen molar-refractivity contribution in [2.24, 2.45) is 5.92 Å². The van der Waals surface area contributed by atoms with Gasteiger partial charge in [0.1, 0.15) is 5.56 Å². The van der Waals surface area contributed by atoms with Crippen LogP contribution in [0.15, 0.2) is 10.9 Å². The number of sulfone groups is 1. The summed E-state index contributed by atoms with van der Waals surface area (Å²) in [5.41, 5.74) is 1.14. The van der Waals surface area contributed by atoms with Crippen LogP contribution in [-0.2, 0) is 16.4 Å². The fourth-order valence-corrected chi connectivity index (χ4v) is 4.19. The molecule has 0 aliphatic carbocycles. The lowest BCUT2D eigenvalue weighted by molar-refractivity contribution is 0.0953. The fourth-order valence-electron chi connectivity index (χ4n) is 2.60. The molecule has 1 aromatic heterocycles. The van der Waals surface area contributed by atoms with Gasteiger partial charge in [-0.3, -0.25) is 9.59 Å². The lowest BCUT2D eigenvalue weighted by atomic mass is 10.1. The van der Waals surface area contributed by atoms with Gasteiger partial charge in [-0.05, 0) is 38.3 Å². The molecule has 0 aliphatic heterocycles. The molecule has 0 bridgehead atoms. The first-order valence-electron chi connectivity index (χ1n) is 7.78. The highest BCUT2D eigenvalue weighted by atomic mass is 32.2. The fraction of sp³-hybridized carbons (Fsp3) is 0.625. The van der Waals surface area contributed by atoms with Crippen LogP contribution in [-0.4, -0.2) is 36.9 Å². The first-order chi connectivity index (χ1) is 10.6. The zero-order valence-electron chi connectivity index (χ0n) is 14.5. The first-order valence-corrected chi connectivity index (χ1v) is 9.60. The van der Waals surface area contributed by atoms with Crippen LogP contribution in [0.1, 0.15) is 42.4 Å². The Labute approximate surface area is 137 Å². The molecule has 23 heavy (non-hydrogen) atoms. The lowest BCUT2D eigenvalue weighted by Gasteiger charge is -2.13. The van der Waals surface area contributed by atoms with Gasteiger partial charge in [0.2, 0.25) is 0 Å². The van der Waals surface area contributed by atoms with E-state index in [0.717, 1.165) is 5.69 Å². The van der Waals surface area contributed by atoms with Crippen molar-refractivity contribution in [3.05, 3.63) is 33.2 Å². The van der Waals surface area contributed by atoms with Gasteiger partial charge in [0.25, 0.3) is 11.5 Å². The quantitative estimate of drug-likeness (QED) is 0.809. The molecule has 0 unspecified atom stereocenters. The summed E-state index contributed by atoms with van der Waals surface area (Å²) in [7, 11) is -3.20. The number of aryl methyl sites for hydroxylation is 2. The van der Waals surface area contributed by atoms with Gasteiger partial charge in [-0.25, -0.2) is 8.42 Å². The summed E-state index contributed by atoms with van der Waals surface area (Å²) in [5.74, 6) is -0.500. The number of carbonyl (C=O) groups is 1. The van der Waals surface area contributed by atoms with E-state index >= 15 is 0 Å². The normalized spacial score (nSPS) is 11.7. The molecule has 0 radical (unpaired) electrons. The van der Waals surface area contributed by atoms with Crippen molar-refractivity contribution in [2.75, 3.05) is 18.1 Å². The average Bonchev–Trinajstić information content (AvgIpc) is 2.36. The van der Waals surface area contributed by atoms with Gasteiger partial charge < -0.3 is 9.88 Å². The highest BCUT2D eigenvalue weighted by Gasteiger charge is 2.18. The van der Waals surface area contributed by atoms with Crippen molar-refractivity contribution in [2.45, 2.75) is 41.2 Å². The number of amides is 1. The Morgan fingerprint density at radius 2 is 1.91 bits per heavy atom. The second kappa shape index (κ2) is 7.77. The molecule has 0 saturated heterocycles. The molecule has 0 spiro atoms. The van der Waals surface area contributed by atoms with Gasteiger partial charge in [0, 0.05) is 18.8 Å². The van der Waals surface area contributed by atoms with Crippen molar-refractivity contribution in [1.29, 1.82) is 0 Å². The number of hydrogen-bond acceptors (Lipinski definition) is 4. The summed E-state index contributed by atoms with van der Waals surface area (Å²) in [5, 5.41) is 2.55. The van der Waals surface area contributed by atoms with Crippen molar-refractivity contribution in [3.8, 4) is 0 Å². The summed E-state index contributed by atoms with van der Waals surface area (Å²) in [6.07, 6.45) is 0. The number of nitrogens with one attached hydrogen (secondary N) is 1. The second-order valence-corrected chi connectivity index (χ2v) is 8.39. The molecule has 0 saturated carbocycles. The monoisotopic (exact) mass is 342 g/mol. The standard InChI is InChI=1S/C16H26N2O4S/c1-6-18-13(5)9-12(4)14(16(18)20)15(19)17-7-8-23(21,22)10-11(2)3/h9,11H,6-8,10H2,1-5H3,(H,17,19). The molecular weight excluding hydrogens is 316 g/mol. The molecule has 7 heteroatoms. The Morgan fingerprint density at radius 1 is 1.30 bits per heavy atom. The molecular formula is C16H26N2O4S. The molecule has 1 aromatic rings. The van der Waals surface area contributed by atoms with E-state index in [0.29, 0.717) is 12.1 Å². The maximum Gasteiger partial charge on any atom is 0.263 e. The molecule has 0 atom stereocenters. The number of aromatic nitrogens is 1. The zero-order valence-corrected chi connectivity index (χ0v) is 15.3. The Morgan fingerprint density at radius 3 is 2.43 bits per heavy atom. The second-order valence-electron chi connectivity index (χ2n) is 6.16. The molecule has 1 N–H and O–H groups in total. The Bertz CT molecular complexity index is 733. The lowest BCUT2D eigenvalue weighted by Crippen LogP contribution is -2.37. The van der Waals surface area contributed by atoms with Crippen LogP contribution in [0.5, 0.6) is 0 Å². The van der Waals surface area contributed by atoms with Crippen molar-refractivity contribution < 1.29 is 13.2 Å². The molecule has 0 aliphatic rings. The molecule has 0 fully saturated rings. The molecule has 1 rings (SSSR count). The maximum atomic E-state index is 12.4. The van der Waals surface area contributed by atoms with Crippen LogP contribution in [0.3, 0.4) is 0 Å². The van der Waals surface area contributed by atoms with Gasteiger partial charge >= 0.3 is 0 Å². The van der Waals surface area contributed by atoms with Gasteiger partial charge in [0.15, 0.2) is 9.84 Å². The Hall–Kier alpha value is -1.63. The van der Waals surface area contributed by atoms with Crippen LogP contribution in [0.2, 0.25) is 0 Å². The van der Waals surface area contributed by atoms with E-state index in [2.05, 4.69) is 5.32 Å². The minimum atomic E-state index is -3.20. The van der Waals surface area contributed by atoms with Crippen LogP contribution in [0, 0.1) is 19.8 Å². The van der Waals surface area contributed by atoms with E-state index in [9.17, 15) is 18.0 Å². The third-order valence-electron chi connectivity index (χ3n) is 3.53. The molecule has 130 valence electrons. The van der Waals surface area contributed by atoms with Gasteiger partial charge in [0.05, 0.1) is 11.5 Å². The predicted molar refractivity (Wildman–Crippen MR) is 91.7 cm³/mol. The van der Waals surface area contributed by atoms with Crippen LogP contribution in [0.25, 0.3) is 0 Å². The highest BCUT2D eigenvalue weighted by molar-refractivity contribution is 7.91. The highest BCUT2D eigenvalue weighted by Crippen LogP contribution is 2.06. The number of nitrogens with zero attached hydrogens (tertiary/aromatic N) is 1. The van der Waals surface area contributed by atoms with Crippen LogP contribution >= 0.6 is 0 Å².